The van der Waals surface area contributed by atoms with Crippen LogP contribution in [0.2, 0.25) is 0 Å². The summed E-state index contributed by atoms with van der Waals surface area (Å²) < 4.78 is 24.9. The highest BCUT2D eigenvalue weighted by molar-refractivity contribution is 6.18. The first-order chi connectivity index (χ1) is 18.7. The molecule has 4 rings (SSSR count). The molecule has 1 fully saturated rings. The molecule has 0 aromatic heterocycles. The van der Waals surface area contributed by atoms with Gasteiger partial charge >= 0.3 is 5.97 Å². The third kappa shape index (κ3) is 6.84. The van der Waals surface area contributed by atoms with Gasteiger partial charge in [0.2, 0.25) is 11.7 Å². The Bertz CT molecular complexity index is 1340. The number of aryl methyl sites for hydroxylation is 1. The minimum atomic E-state index is -1.11. The molecule has 0 N–H and O–H groups in total. The van der Waals surface area contributed by atoms with E-state index in [4.69, 9.17) is 21.1 Å². The quantitative estimate of drug-likeness (QED) is 0.157. The molecule has 0 unspecified atom stereocenters. The SMILES string of the molecule is Cc1ccc(C(C)C)c(Oc2ccc(N3C[C@@H](C(=O)O[C@H](CCCl)C(=O)c4ccc(F)cc4)CC3=O)cc2)c1. The van der Waals surface area contributed by atoms with Crippen molar-refractivity contribution in [3.63, 3.8) is 0 Å². The summed E-state index contributed by atoms with van der Waals surface area (Å²) in [7, 11) is 0. The number of ketones is 1. The number of esters is 1. The van der Waals surface area contributed by atoms with Gasteiger partial charge < -0.3 is 14.4 Å². The van der Waals surface area contributed by atoms with Crippen LogP contribution >= 0.6 is 11.6 Å². The van der Waals surface area contributed by atoms with E-state index in [2.05, 4.69) is 26.0 Å². The molecule has 2 atom stereocenters. The fraction of sp³-hybridized carbons (Fsp3) is 0.323. The zero-order valence-corrected chi connectivity index (χ0v) is 22.9. The largest absolute Gasteiger partial charge is 0.457 e. The average Bonchev–Trinajstić information content (AvgIpc) is 3.30. The predicted molar refractivity (Wildman–Crippen MR) is 148 cm³/mol. The lowest BCUT2D eigenvalue weighted by atomic mass is 10.0. The molecule has 39 heavy (non-hydrogen) atoms. The summed E-state index contributed by atoms with van der Waals surface area (Å²) in [6.07, 6.45) is -1.04. The van der Waals surface area contributed by atoms with Gasteiger partial charge in [0.25, 0.3) is 0 Å². The Morgan fingerprint density at radius 1 is 1.05 bits per heavy atom. The molecule has 1 saturated heterocycles. The van der Waals surface area contributed by atoms with Gasteiger partial charge in [-0.2, -0.15) is 0 Å². The summed E-state index contributed by atoms with van der Waals surface area (Å²) in [6.45, 7) is 6.36. The Morgan fingerprint density at radius 3 is 2.38 bits per heavy atom. The van der Waals surface area contributed by atoms with Crippen molar-refractivity contribution in [3.8, 4) is 11.5 Å². The first-order valence-electron chi connectivity index (χ1n) is 12.9. The number of hydrogen-bond acceptors (Lipinski definition) is 5. The second kappa shape index (κ2) is 12.4. The number of alkyl halides is 1. The number of nitrogens with zero attached hydrogens (tertiary/aromatic N) is 1. The third-order valence-electron chi connectivity index (χ3n) is 6.68. The molecule has 6 nitrogen and oxygen atoms in total. The molecule has 1 heterocycles. The second-order valence-corrected chi connectivity index (χ2v) is 10.3. The lowest BCUT2D eigenvalue weighted by molar-refractivity contribution is -0.151. The Kier molecular flexibility index (Phi) is 9.02. The molecular weight excluding hydrogens is 521 g/mol. The van der Waals surface area contributed by atoms with Crippen LogP contribution in [-0.2, 0) is 14.3 Å². The van der Waals surface area contributed by atoms with E-state index in [-0.39, 0.29) is 36.7 Å². The van der Waals surface area contributed by atoms with Crippen LogP contribution in [-0.4, -0.2) is 36.2 Å². The van der Waals surface area contributed by atoms with E-state index in [0.717, 1.165) is 16.9 Å². The molecule has 1 aliphatic heterocycles. The smallest absolute Gasteiger partial charge is 0.312 e. The van der Waals surface area contributed by atoms with E-state index < -0.39 is 29.6 Å². The van der Waals surface area contributed by atoms with Crippen molar-refractivity contribution in [2.75, 3.05) is 17.3 Å². The molecule has 1 amide bonds. The van der Waals surface area contributed by atoms with Crippen LogP contribution in [0.25, 0.3) is 0 Å². The van der Waals surface area contributed by atoms with Gasteiger partial charge in [-0.25, -0.2) is 4.39 Å². The lowest BCUT2D eigenvalue weighted by Crippen LogP contribution is -2.32. The molecular formula is C31H31ClFNO5. The number of rotatable bonds is 10. The number of hydrogen-bond donors (Lipinski definition) is 0. The normalized spacial score (nSPS) is 15.9. The minimum Gasteiger partial charge on any atom is -0.457 e. The van der Waals surface area contributed by atoms with Crippen LogP contribution in [0.3, 0.4) is 0 Å². The molecule has 3 aromatic rings. The van der Waals surface area contributed by atoms with Crippen molar-refractivity contribution < 1.29 is 28.2 Å². The molecule has 0 spiro atoms. The van der Waals surface area contributed by atoms with Gasteiger partial charge in [0.1, 0.15) is 17.3 Å². The summed E-state index contributed by atoms with van der Waals surface area (Å²) in [5.74, 6) is -0.705. The predicted octanol–water partition coefficient (Wildman–Crippen LogP) is 6.83. The number of halogens is 2. The summed E-state index contributed by atoms with van der Waals surface area (Å²) >= 11 is 5.84. The van der Waals surface area contributed by atoms with Crippen LogP contribution in [0.5, 0.6) is 11.5 Å². The van der Waals surface area contributed by atoms with Gasteiger partial charge in [0, 0.05) is 36.5 Å². The summed E-state index contributed by atoms with van der Waals surface area (Å²) in [4.78, 5) is 40.1. The maximum atomic E-state index is 13.2. The Morgan fingerprint density at radius 2 is 1.74 bits per heavy atom. The maximum Gasteiger partial charge on any atom is 0.312 e. The highest BCUT2D eigenvalue weighted by Crippen LogP contribution is 2.33. The van der Waals surface area contributed by atoms with Gasteiger partial charge in [-0.3, -0.25) is 14.4 Å². The monoisotopic (exact) mass is 551 g/mol. The third-order valence-corrected chi connectivity index (χ3v) is 6.89. The molecule has 0 radical (unpaired) electrons. The zero-order valence-electron chi connectivity index (χ0n) is 22.2. The van der Waals surface area contributed by atoms with Gasteiger partial charge in [0.15, 0.2) is 6.10 Å². The van der Waals surface area contributed by atoms with Crippen molar-refractivity contribution in [3.05, 3.63) is 89.2 Å². The standard InChI is InChI=1S/C31H31ClFNO5/c1-19(2)26-13-4-20(3)16-28(26)38-25-11-9-24(10-12-25)34-18-22(17-29(34)35)31(37)39-27(14-15-32)30(36)21-5-7-23(33)8-6-21/h4-13,16,19,22,27H,14-15,17-18H2,1-3H3/t22-,27+/m0/s1. The first-order valence-corrected chi connectivity index (χ1v) is 13.4. The first kappa shape index (κ1) is 28.3. The maximum absolute atomic E-state index is 13.2. The van der Waals surface area contributed by atoms with Gasteiger partial charge in [-0.15, -0.1) is 11.6 Å². The number of carbonyl (C=O) groups is 3. The minimum absolute atomic E-state index is 0.0313. The number of Topliss-reactive ketones (excluding diaryl/α,β-unsaturated/α-hetero) is 1. The van der Waals surface area contributed by atoms with Crippen LogP contribution in [0.4, 0.5) is 10.1 Å². The van der Waals surface area contributed by atoms with Crippen LogP contribution < -0.4 is 9.64 Å². The van der Waals surface area contributed by atoms with Crippen molar-refractivity contribution in [2.24, 2.45) is 5.92 Å². The summed E-state index contributed by atoms with van der Waals surface area (Å²) in [5.41, 5.74) is 3.05. The van der Waals surface area contributed by atoms with Gasteiger partial charge in [-0.05, 0) is 78.6 Å². The van der Waals surface area contributed by atoms with E-state index in [1.54, 1.807) is 24.3 Å². The van der Waals surface area contributed by atoms with E-state index in [1.165, 1.54) is 29.2 Å². The van der Waals surface area contributed by atoms with E-state index >= 15 is 0 Å². The summed E-state index contributed by atoms with van der Waals surface area (Å²) in [6, 6.07) is 18.3. The molecule has 1 aliphatic rings. The number of benzene rings is 3. The van der Waals surface area contributed by atoms with Crippen molar-refractivity contribution in [2.45, 2.75) is 45.6 Å². The molecule has 0 saturated carbocycles. The van der Waals surface area contributed by atoms with E-state index in [9.17, 15) is 18.8 Å². The molecule has 0 bridgehead atoms. The van der Waals surface area contributed by atoms with E-state index in [0.29, 0.717) is 17.4 Å². The highest BCUT2D eigenvalue weighted by atomic mass is 35.5. The van der Waals surface area contributed by atoms with Gasteiger partial charge in [-0.1, -0.05) is 26.0 Å². The topological polar surface area (TPSA) is 72.9 Å². The Labute approximate surface area is 232 Å². The molecule has 3 aromatic carbocycles. The van der Waals surface area contributed by atoms with Crippen molar-refractivity contribution in [1.82, 2.24) is 0 Å². The number of amides is 1. The van der Waals surface area contributed by atoms with Crippen LogP contribution in [0.1, 0.15) is 54.1 Å². The fourth-order valence-corrected chi connectivity index (χ4v) is 4.72. The number of ether oxygens (including phenoxy) is 2. The molecule has 204 valence electrons. The van der Waals surface area contributed by atoms with Gasteiger partial charge in [0.05, 0.1) is 5.92 Å². The lowest BCUT2D eigenvalue weighted by Gasteiger charge is -2.20. The van der Waals surface area contributed by atoms with Crippen molar-refractivity contribution in [1.29, 1.82) is 0 Å². The summed E-state index contributed by atoms with van der Waals surface area (Å²) in [5, 5.41) is 0. The Balaban J connectivity index is 1.41. The van der Waals surface area contributed by atoms with E-state index in [1.807, 2.05) is 13.0 Å². The molecule has 8 heteroatoms. The number of carbonyl (C=O) groups excluding carboxylic acids is 3. The second-order valence-electron chi connectivity index (χ2n) is 9.97. The van der Waals surface area contributed by atoms with Crippen LogP contribution in [0, 0.1) is 18.7 Å². The van der Waals surface area contributed by atoms with Crippen molar-refractivity contribution >= 4 is 34.9 Å². The highest BCUT2D eigenvalue weighted by Gasteiger charge is 2.38. The zero-order chi connectivity index (χ0) is 28.1. The number of anilines is 1. The molecule has 0 aliphatic carbocycles. The fourth-order valence-electron chi connectivity index (χ4n) is 4.52. The average molecular weight is 552 g/mol. The van der Waals surface area contributed by atoms with Crippen LogP contribution in [0.15, 0.2) is 66.7 Å². The Hall–Kier alpha value is -3.71.